The standard InChI is InChI=1S/C11H16ClN3OS/c1-7(17-3)6-14-11(16)8-4-9(12)15-10(5-8)13-2/h4-5,7H,6H2,1-3H3,(H,13,15)(H,14,16). The second-order valence-corrected chi connectivity index (χ2v) is 5.23. The van der Waals surface area contributed by atoms with E-state index in [9.17, 15) is 4.79 Å². The molecule has 0 saturated carbocycles. The van der Waals surface area contributed by atoms with Crippen molar-refractivity contribution in [3.05, 3.63) is 22.8 Å². The molecule has 4 nitrogen and oxygen atoms in total. The second kappa shape index (κ2) is 6.71. The van der Waals surface area contributed by atoms with Crippen LogP contribution in [0.15, 0.2) is 12.1 Å². The van der Waals surface area contributed by atoms with Gasteiger partial charge in [-0.2, -0.15) is 11.8 Å². The predicted octanol–water partition coefficient (Wildman–Crippen LogP) is 2.26. The number of carbonyl (C=O) groups is 1. The summed E-state index contributed by atoms with van der Waals surface area (Å²) in [6.07, 6.45) is 2.01. The molecule has 0 aliphatic carbocycles. The molecule has 94 valence electrons. The van der Waals surface area contributed by atoms with E-state index in [1.165, 1.54) is 0 Å². The summed E-state index contributed by atoms with van der Waals surface area (Å²) in [7, 11) is 1.73. The van der Waals surface area contributed by atoms with Gasteiger partial charge in [-0.05, 0) is 18.4 Å². The van der Waals surface area contributed by atoms with Crippen molar-refractivity contribution in [1.29, 1.82) is 0 Å². The Hall–Kier alpha value is -0.940. The molecular formula is C11H16ClN3OS. The number of hydrogen-bond donors (Lipinski definition) is 2. The Labute approximate surface area is 111 Å². The van der Waals surface area contributed by atoms with Gasteiger partial charge in [0.2, 0.25) is 0 Å². The van der Waals surface area contributed by atoms with Crippen LogP contribution in [0.5, 0.6) is 0 Å². The van der Waals surface area contributed by atoms with Crippen LogP contribution in [0.4, 0.5) is 5.82 Å². The van der Waals surface area contributed by atoms with Gasteiger partial charge < -0.3 is 10.6 Å². The van der Waals surface area contributed by atoms with E-state index >= 15 is 0 Å². The largest absolute Gasteiger partial charge is 0.373 e. The van der Waals surface area contributed by atoms with Gasteiger partial charge in [0.15, 0.2) is 0 Å². The Morgan fingerprint density at radius 2 is 2.29 bits per heavy atom. The number of carbonyl (C=O) groups excluding carboxylic acids is 1. The third kappa shape index (κ3) is 4.44. The molecule has 0 fully saturated rings. The van der Waals surface area contributed by atoms with Gasteiger partial charge in [0, 0.05) is 24.4 Å². The molecule has 0 bridgehead atoms. The first kappa shape index (κ1) is 14.1. The highest BCUT2D eigenvalue weighted by molar-refractivity contribution is 7.99. The van der Waals surface area contributed by atoms with Crippen LogP contribution in [-0.4, -0.2) is 36.0 Å². The number of amides is 1. The molecule has 2 N–H and O–H groups in total. The van der Waals surface area contributed by atoms with Crippen molar-refractivity contribution in [1.82, 2.24) is 10.3 Å². The lowest BCUT2D eigenvalue weighted by atomic mass is 10.2. The van der Waals surface area contributed by atoms with Gasteiger partial charge in [0.1, 0.15) is 11.0 Å². The van der Waals surface area contributed by atoms with Crippen LogP contribution < -0.4 is 10.6 Å². The summed E-state index contributed by atoms with van der Waals surface area (Å²) in [6.45, 7) is 2.69. The fourth-order valence-electron chi connectivity index (χ4n) is 1.18. The maximum atomic E-state index is 11.9. The van der Waals surface area contributed by atoms with E-state index in [0.29, 0.717) is 28.3 Å². The molecule has 1 amide bonds. The summed E-state index contributed by atoms with van der Waals surface area (Å²) < 4.78 is 0. The number of pyridine rings is 1. The molecule has 6 heteroatoms. The highest BCUT2D eigenvalue weighted by atomic mass is 35.5. The fraction of sp³-hybridized carbons (Fsp3) is 0.455. The minimum atomic E-state index is -0.133. The lowest BCUT2D eigenvalue weighted by molar-refractivity contribution is 0.0954. The number of aromatic nitrogens is 1. The number of rotatable bonds is 5. The Bertz CT molecular complexity index is 400. The first-order chi connectivity index (χ1) is 8.06. The highest BCUT2D eigenvalue weighted by Crippen LogP contribution is 2.14. The van der Waals surface area contributed by atoms with Crippen molar-refractivity contribution in [3.8, 4) is 0 Å². The van der Waals surface area contributed by atoms with Crippen LogP contribution in [0, 0.1) is 0 Å². The number of halogens is 1. The van der Waals surface area contributed by atoms with E-state index in [0.717, 1.165) is 0 Å². The van der Waals surface area contributed by atoms with Gasteiger partial charge in [-0.25, -0.2) is 4.98 Å². The summed E-state index contributed by atoms with van der Waals surface area (Å²) >= 11 is 7.53. The molecule has 1 aromatic rings. The second-order valence-electron chi connectivity index (χ2n) is 3.57. The van der Waals surface area contributed by atoms with Crippen molar-refractivity contribution in [2.24, 2.45) is 0 Å². The zero-order valence-corrected chi connectivity index (χ0v) is 11.7. The monoisotopic (exact) mass is 273 g/mol. The van der Waals surface area contributed by atoms with Gasteiger partial charge in [-0.15, -0.1) is 0 Å². The van der Waals surface area contributed by atoms with Crippen LogP contribution in [0.3, 0.4) is 0 Å². The molecule has 1 rings (SSSR count). The Morgan fingerprint density at radius 3 is 2.88 bits per heavy atom. The van der Waals surface area contributed by atoms with Gasteiger partial charge >= 0.3 is 0 Å². The van der Waals surface area contributed by atoms with E-state index in [1.54, 1.807) is 30.9 Å². The average molecular weight is 274 g/mol. The zero-order chi connectivity index (χ0) is 12.8. The van der Waals surface area contributed by atoms with Gasteiger partial charge in [-0.1, -0.05) is 18.5 Å². The molecule has 1 aromatic heterocycles. The lowest BCUT2D eigenvalue weighted by Crippen LogP contribution is -2.29. The van der Waals surface area contributed by atoms with Gasteiger partial charge in [0.05, 0.1) is 0 Å². The van der Waals surface area contributed by atoms with Gasteiger partial charge in [0.25, 0.3) is 5.91 Å². The molecule has 0 spiro atoms. The first-order valence-corrected chi connectivity index (χ1v) is 6.89. The average Bonchev–Trinajstić information content (AvgIpc) is 2.34. The predicted molar refractivity (Wildman–Crippen MR) is 74.1 cm³/mol. The number of anilines is 1. The van der Waals surface area contributed by atoms with Crippen LogP contribution in [-0.2, 0) is 0 Å². The normalized spacial score (nSPS) is 12.0. The number of thioether (sulfide) groups is 1. The third-order valence-corrected chi connectivity index (χ3v) is 3.43. The molecule has 0 radical (unpaired) electrons. The molecular weight excluding hydrogens is 258 g/mol. The quantitative estimate of drug-likeness (QED) is 0.808. The summed E-state index contributed by atoms with van der Waals surface area (Å²) in [5, 5.41) is 6.41. The molecule has 17 heavy (non-hydrogen) atoms. The highest BCUT2D eigenvalue weighted by Gasteiger charge is 2.09. The van der Waals surface area contributed by atoms with Crippen molar-refractivity contribution >= 4 is 35.1 Å². The molecule has 1 heterocycles. The molecule has 0 aliphatic heterocycles. The number of nitrogens with one attached hydrogen (secondary N) is 2. The fourth-order valence-corrected chi connectivity index (χ4v) is 1.64. The van der Waals surface area contributed by atoms with Crippen LogP contribution in [0.2, 0.25) is 5.15 Å². The Kier molecular flexibility index (Phi) is 5.58. The topological polar surface area (TPSA) is 54.0 Å². The van der Waals surface area contributed by atoms with Crippen molar-refractivity contribution in [2.75, 3.05) is 25.2 Å². The number of hydrogen-bond acceptors (Lipinski definition) is 4. The Balaban J connectivity index is 2.71. The summed E-state index contributed by atoms with van der Waals surface area (Å²) in [4.78, 5) is 15.9. The first-order valence-electron chi connectivity index (χ1n) is 5.23. The summed E-state index contributed by atoms with van der Waals surface area (Å²) in [6, 6.07) is 3.23. The van der Waals surface area contributed by atoms with E-state index in [2.05, 4.69) is 22.5 Å². The van der Waals surface area contributed by atoms with Crippen molar-refractivity contribution < 1.29 is 4.79 Å². The molecule has 0 aromatic carbocycles. The van der Waals surface area contributed by atoms with Crippen LogP contribution >= 0.6 is 23.4 Å². The SMILES string of the molecule is CNc1cc(C(=O)NCC(C)SC)cc(Cl)n1. The van der Waals surface area contributed by atoms with Crippen molar-refractivity contribution in [2.45, 2.75) is 12.2 Å². The Morgan fingerprint density at radius 1 is 1.59 bits per heavy atom. The van der Waals surface area contributed by atoms with Gasteiger partial charge in [-0.3, -0.25) is 4.79 Å². The van der Waals surface area contributed by atoms with Crippen molar-refractivity contribution in [3.63, 3.8) is 0 Å². The number of nitrogens with zero attached hydrogens (tertiary/aromatic N) is 1. The third-order valence-electron chi connectivity index (χ3n) is 2.26. The summed E-state index contributed by atoms with van der Waals surface area (Å²) in [5.41, 5.74) is 0.516. The molecule has 1 atom stereocenters. The molecule has 0 aliphatic rings. The minimum absolute atomic E-state index is 0.133. The maximum Gasteiger partial charge on any atom is 0.251 e. The zero-order valence-electron chi connectivity index (χ0n) is 10.1. The molecule has 0 saturated heterocycles. The van der Waals surface area contributed by atoms with Crippen LogP contribution in [0.25, 0.3) is 0 Å². The lowest BCUT2D eigenvalue weighted by Gasteiger charge is -2.10. The molecule has 1 unspecified atom stereocenters. The van der Waals surface area contributed by atoms with E-state index in [4.69, 9.17) is 11.6 Å². The van der Waals surface area contributed by atoms with E-state index < -0.39 is 0 Å². The minimum Gasteiger partial charge on any atom is -0.373 e. The van der Waals surface area contributed by atoms with Crippen LogP contribution in [0.1, 0.15) is 17.3 Å². The smallest absolute Gasteiger partial charge is 0.251 e. The maximum absolute atomic E-state index is 11.9. The van der Waals surface area contributed by atoms with E-state index in [1.807, 2.05) is 6.26 Å². The summed E-state index contributed by atoms with van der Waals surface area (Å²) in [5.74, 6) is 0.451. The van der Waals surface area contributed by atoms with E-state index in [-0.39, 0.29) is 5.91 Å².